The molecule has 7 heteroatoms. The van der Waals surface area contributed by atoms with E-state index >= 15 is 0 Å². The molecule has 5 nitrogen and oxygen atoms in total. The molecular formula is C22H29ClIN3O2. The number of nitrogens with one attached hydrogen (secondary N) is 2. The van der Waals surface area contributed by atoms with Crippen LogP contribution < -0.4 is 10.6 Å². The van der Waals surface area contributed by atoms with Gasteiger partial charge in [0.1, 0.15) is 0 Å². The Kier molecular flexibility index (Phi) is 10.8. The van der Waals surface area contributed by atoms with Crippen molar-refractivity contribution in [3.63, 3.8) is 0 Å². The minimum atomic E-state index is 0. The second kappa shape index (κ2) is 13.1. The Morgan fingerprint density at radius 2 is 1.66 bits per heavy atom. The summed E-state index contributed by atoms with van der Waals surface area (Å²) in [4.78, 5) is 4.29. The number of ether oxygens (including phenoxy) is 2. The van der Waals surface area contributed by atoms with E-state index in [1.165, 1.54) is 11.1 Å². The van der Waals surface area contributed by atoms with Crippen molar-refractivity contribution in [3.8, 4) is 0 Å². The van der Waals surface area contributed by atoms with Crippen LogP contribution in [0, 0.1) is 0 Å². The van der Waals surface area contributed by atoms with E-state index in [4.69, 9.17) is 21.1 Å². The van der Waals surface area contributed by atoms with Crippen LogP contribution in [0.2, 0.25) is 5.02 Å². The van der Waals surface area contributed by atoms with Crippen molar-refractivity contribution in [2.75, 3.05) is 20.3 Å². The molecule has 1 heterocycles. The van der Waals surface area contributed by atoms with E-state index in [1.807, 2.05) is 24.3 Å². The lowest BCUT2D eigenvalue weighted by Gasteiger charge is -2.22. The Balaban J connectivity index is 0.00000300. The Morgan fingerprint density at radius 3 is 2.31 bits per heavy atom. The Hall–Kier alpha value is -1.35. The van der Waals surface area contributed by atoms with Gasteiger partial charge in [0.25, 0.3) is 0 Å². The molecule has 0 aliphatic carbocycles. The SMILES string of the molecule is CN=C(NCc1cccc(Cl)c1)NCc1cccc(COC2CCOCC2)c1.I. The Morgan fingerprint density at radius 1 is 1.03 bits per heavy atom. The average Bonchev–Trinajstić information content (AvgIpc) is 2.73. The topological polar surface area (TPSA) is 54.9 Å². The first-order chi connectivity index (χ1) is 13.7. The molecule has 0 unspecified atom stereocenters. The average molecular weight is 530 g/mol. The maximum absolute atomic E-state index is 6.04. The van der Waals surface area contributed by atoms with Gasteiger partial charge in [-0.1, -0.05) is 48.0 Å². The van der Waals surface area contributed by atoms with Gasteiger partial charge in [-0.25, -0.2) is 0 Å². The van der Waals surface area contributed by atoms with E-state index in [9.17, 15) is 0 Å². The zero-order valence-corrected chi connectivity index (χ0v) is 19.8. The molecule has 2 aromatic rings. The fraction of sp³-hybridized carbons (Fsp3) is 0.409. The van der Waals surface area contributed by atoms with Crippen molar-refractivity contribution in [1.29, 1.82) is 0 Å². The minimum Gasteiger partial charge on any atom is -0.381 e. The van der Waals surface area contributed by atoms with E-state index in [0.29, 0.717) is 25.8 Å². The number of aliphatic imine (C=N–C) groups is 1. The van der Waals surface area contributed by atoms with Gasteiger partial charge in [-0.15, -0.1) is 24.0 Å². The normalized spacial score (nSPS) is 14.9. The molecular weight excluding hydrogens is 501 g/mol. The fourth-order valence-electron chi connectivity index (χ4n) is 3.13. The van der Waals surface area contributed by atoms with Crippen LogP contribution in [0.15, 0.2) is 53.5 Å². The largest absolute Gasteiger partial charge is 0.381 e. The van der Waals surface area contributed by atoms with Crippen molar-refractivity contribution in [2.24, 2.45) is 4.99 Å². The highest BCUT2D eigenvalue weighted by atomic mass is 127. The molecule has 2 aromatic carbocycles. The first-order valence-corrected chi connectivity index (χ1v) is 10.1. The first kappa shape index (κ1) is 23.9. The van der Waals surface area contributed by atoms with Gasteiger partial charge >= 0.3 is 0 Å². The second-order valence-electron chi connectivity index (χ2n) is 6.85. The van der Waals surface area contributed by atoms with E-state index in [0.717, 1.165) is 42.6 Å². The number of rotatable bonds is 7. The molecule has 1 fully saturated rings. The number of hydrogen-bond donors (Lipinski definition) is 2. The molecule has 1 saturated heterocycles. The molecule has 0 amide bonds. The molecule has 2 N–H and O–H groups in total. The lowest BCUT2D eigenvalue weighted by molar-refractivity contribution is -0.0390. The highest BCUT2D eigenvalue weighted by Gasteiger charge is 2.14. The van der Waals surface area contributed by atoms with E-state index in [-0.39, 0.29) is 24.0 Å². The van der Waals surface area contributed by atoms with Crippen LogP contribution in [0.3, 0.4) is 0 Å². The quantitative estimate of drug-likeness (QED) is 0.315. The highest BCUT2D eigenvalue weighted by molar-refractivity contribution is 14.0. The summed E-state index contributed by atoms with van der Waals surface area (Å²) < 4.78 is 11.4. The Labute approximate surface area is 195 Å². The van der Waals surface area contributed by atoms with Crippen molar-refractivity contribution in [2.45, 2.75) is 38.6 Å². The second-order valence-corrected chi connectivity index (χ2v) is 7.29. The number of nitrogens with zero attached hydrogens (tertiary/aromatic N) is 1. The summed E-state index contributed by atoms with van der Waals surface area (Å²) in [6.45, 7) is 3.60. The third kappa shape index (κ3) is 8.50. The van der Waals surface area contributed by atoms with Gasteiger partial charge < -0.3 is 20.1 Å². The number of benzene rings is 2. The van der Waals surface area contributed by atoms with E-state index in [1.54, 1.807) is 7.05 Å². The van der Waals surface area contributed by atoms with E-state index in [2.05, 4.69) is 39.9 Å². The molecule has 1 aliphatic rings. The summed E-state index contributed by atoms with van der Waals surface area (Å²) in [6, 6.07) is 16.3. The minimum absolute atomic E-state index is 0. The molecule has 3 rings (SSSR count). The first-order valence-electron chi connectivity index (χ1n) is 9.69. The lowest BCUT2D eigenvalue weighted by Crippen LogP contribution is -2.36. The summed E-state index contributed by atoms with van der Waals surface area (Å²) in [5, 5.41) is 7.40. The van der Waals surface area contributed by atoms with Crippen LogP contribution in [-0.2, 0) is 29.2 Å². The maximum Gasteiger partial charge on any atom is 0.191 e. The van der Waals surface area contributed by atoms with Crippen LogP contribution in [0.1, 0.15) is 29.5 Å². The van der Waals surface area contributed by atoms with Crippen LogP contribution in [0.5, 0.6) is 0 Å². The number of halogens is 2. The molecule has 0 spiro atoms. The predicted molar refractivity (Wildman–Crippen MR) is 129 cm³/mol. The third-order valence-electron chi connectivity index (χ3n) is 4.68. The van der Waals surface area contributed by atoms with Crippen molar-refractivity contribution in [3.05, 3.63) is 70.2 Å². The van der Waals surface area contributed by atoms with Gasteiger partial charge in [-0.05, 0) is 41.7 Å². The lowest BCUT2D eigenvalue weighted by atomic mass is 10.1. The van der Waals surface area contributed by atoms with Gasteiger partial charge in [0, 0.05) is 38.4 Å². The van der Waals surface area contributed by atoms with Crippen LogP contribution >= 0.6 is 35.6 Å². The van der Waals surface area contributed by atoms with Gasteiger partial charge in [0.15, 0.2) is 5.96 Å². The van der Waals surface area contributed by atoms with Gasteiger partial charge in [-0.3, -0.25) is 4.99 Å². The van der Waals surface area contributed by atoms with Crippen LogP contribution in [-0.4, -0.2) is 32.3 Å². The van der Waals surface area contributed by atoms with Crippen LogP contribution in [0.25, 0.3) is 0 Å². The molecule has 0 atom stereocenters. The van der Waals surface area contributed by atoms with Crippen molar-refractivity contribution < 1.29 is 9.47 Å². The maximum atomic E-state index is 6.04. The summed E-state index contributed by atoms with van der Waals surface area (Å²) >= 11 is 6.04. The Bertz CT molecular complexity index is 782. The van der Waals surface area contributed by atoms with Gasteiger partial charge in [0.05, 0.1) is 12.7 Å². The molecule has 158 valence electrons. The van der Waals surface area contributed by atoms with Gasteiger partial charge in [-0.2, -0.15) is 0 Å². The zero-order valence-electron chi connectivity index (χ0n) is 16.7. The molecule has 0 radical (unpaired) electrons. The number of guanidine groups is 1. The summed E-state index contributed by atoms with van der Waals surface area (Å²) in [7, 11) is 1.77. The molecule has 0 bridgehead atoms. The molecule has 0 aromatic heterocycles. The zero-order chi connectivity index (χ0) is 19.6. The van der Waals surface area contributed by atoms with Crippen LogP contribution in [0.4, 0.5) is 0 Å². The predicted octanol–water partition coefficient (Wildman–Crippen LogP) is 4.52. The van der Waals surface area contributed by atoms with E-state index < -0.39 is 0 Å². The summed E-state index contributed by atoms with van der Waals surface area (Å²) in [6.07, 6.45) is 2.27. The van der Waals surface area contributed by atoms with Gasteiger partial charge in [0.2, 0.25) is 0 Å². The summed E-state index contributed by atoms with van der Waals surface area (Å²) in [5.74, 6) is 0.754. The van der Waals surface area contributed by atoms with Crippen molar-refractivity contribution in [1.82, 2.24) is 10.6 Å². The van der Waals surface area contributed by atoms with Crippen molar-refractivity contribution >= 4 is 41.5 Å². The molecule has 1 aliphatic heterocycles. The molecule has 0 saturated carbocycles. The standard InChI is InChI=1S/C22H28ClN3O2.HI/c1-24-22(26-15-18-5-3-7-20(23)13-18)25-14-17-4-2-6-19(12-17)16-28-21-8-10-27-11-9-21;/h2-7,12-13,21H,8-11,14-16H2,1H3,(H2,24,25,26);1H. The summed E-state index contributed by atoms with van der Waals surface area (Å²) in [5.41, 5.74) is 3.49. The number of hydrogen-bond acceptors (Lipinski definition) is 3. The third-order valence-corrected chi connectivity index (χ3v) is 4.91. The highest BCUT2D eigenvalue weighted by Crippen LogP contribution is 2.14. The molecule has 29 heavy (non-hydrogen) atoms. The smallest absolute Gasteiger partial charge is 0.191 e. The fourth-order valence-corrected chi connectivity index (χ4v) is 3.34. The monoisotopic (exact) mass is 529 g/mol.